The number of Topliss-reactive ketones (excluding diaryl/α,β-unsaturated/α-hetero) is 1. The fraction of sp³-hybridized carbons (Fsp3) is 0.278. The average Bonchev–Trinajstić information content (AvgIpc) is 2.49. The van der Waals surface area contributed by atoms with Crippen molar-refractivity contribution in [3.05, 3.63) is 59.2 Å². The van der Waals surface area contributed by atoms with E-state index in [1.54, 1.807) is 12.1 Å². The number of para-hydroxylation sites is 1. The van der Waals surface area contributed by atoms with Gasteiger partial charge in [0.2, 0.25) is 5.78 Å². The zero-order chi connectivity index (χ0) is 15.2. The van der Waals surface area contributed by atoms with Crippen LogP contribution in [0.2, 0.25) is 0 Å². The lowest BCUT2D eigenvalue weighted by Crippen LogP contribution is -2.13. The van der Waals surface area contributed by atoms with Crippen molar-refractivity contribution in [1.29, 1.82) is 0 Å². The van der Waals surface area contributed by atoms with Crippen molar-refractivity contribution in [2.45, 2.75) is 20.8 Å². The van der Waals surface area contributed by atoms with Gasteiger partial charge in [-0.25, -0.2) is 0 Å². The molecule has 0 aliphatic heterocycles. The minimum atomic E-state index is -0.0834. The van der Waals surface area contributed by atoms with Crippen LogP contribution in [0.15, 0.2) is 42.5 Å². The van der Waals surface area contributed by atoms with E-state index >= 15 is 0 Å². The summed E-state index contributed by atoms with van der Waals surface area (Å²) in [6.07, 6.45) is 0. The van der Waals surface area contributed by atoms with Crippen LogP contribution in [0.5, 0.6) is 11.5 Å². The first-order valence-corrected chi connectivity index (χ1v) is 7.07. The summed E-state index contributed by atoms with van der Waals surface area (Å²) >= 11 is 0. The van der Waals surface area contributed by atoms with Crippen LogP contribution in [0.3, 0.4) is 0 Å². The Balaban J connectivity index is 2.10. The molecule has 0 radical (unpaired) electrons. The molecule has 21 heavy (non-hydrogen) atoms. The van der Waals surface area contributed by atoms with Crippen molar-refractivity contribution < 1.29 is 14.3 Å². The predicted molar refractivity (Wildman–Crippen MR) is 83.4 cm³/mol. The quantitative estimate of drug-likeness (QED) is 0.753. The van der Waals surface area contributed by atoms with Gasteiger partial charge in [-0.3, -0.25) is 4.79 Å². The fourth-order valence-electron chi connectivity index (χ4n) is 2.08. The molecule has 0 atom stereocenters. The van der Waals surface area contributed by atoms with Gasteiger partial charge in [0.05, 0.1) is 12.2 Å². The Morgan fingerprint density at radius 2 is 1.67 bits per heavy atom. The molecule has 0 spiro atoms. The van der Waals surface area contributed by atoms with Gasteiger partial charge < -0.3 is 9.47 Å². The first-order valence-electron chi connectivity index (χ1n) is 7.07. The zero-order valence-corrected chi connectivity index (χ0v) is 12.7. The normalized spacial score (nSPS) is 10.2. The van der Waals surface area contributed by atoms with Gasteiger partial charge in [-0.1, -0.05) is 24.3 Å². The zero-order valence-electron chi connectivity index (χ0n) is 12.7. The van der Waals surface area contributed by atoms with Crippen molar-refractivity contribution in [3.8, 4) is 11.5 Å². The number of ketones is 1. The van der Waals surface area contributed by atoms with Crippen LogP contribution in [-0.2, 0) is 0 Å². The molecule has 0 bridgehead atoms. The third-order valence-corrected chi connectivity index (χ3v) is 3.40. The molecule has 110 valence electrons. The lowest BCUT2D eigenvalue weighted by atomic mass is 10.1. The lowest BCUT2D eigenvalue weighted by molar-refractivity contribution is 0.0917. The van der Waals surface area contributed by atoms with Crippen LogP contribution in [0.4, 0.5) is 0 Å². The van der Waals surface area contributed by atoms with Crippen LogP contribution in [0.25, 0.3) is 0 Å². The summed E-state index contributed by atoms with van der Waals surface area (Å²) in [5.41, 5.74) is 2.77. The van der Waals surface area contributed by atoms with Crippen LogP contribution in [-0.4, -0.2) is 19.0 Å². The highest BCUT2D eigenvalue weighted by molar-refractivity contribution is 5.99. The minimum Gasteiger partial charge on any atom is -0.493 e. The molecule has 0 heterocycles. The van der Waals surface area contributed by atoms with Gasteiger partial charge in [0, 0.05) is 0 Å². The van der Waals surface area contributed by atoms with Gasteiger partial charge >= 0.3 is 0 Å². The van der Waals surface area contributed by atoms with Gasteiger partial charge in [-0.15, -0.1) is 0 Å². The summed E-state index contributed by atoms with van der Waals surface area (Å²) in [6, 6.07) is 13.1. The third kappa shape index (κ3) is 3.63. The summed E-state index contributed by atoms with van der Waals surface area (Å²) in [5, 5.41) is 0. The number of hydrogen-bond donors (Lipinski definition) is 0. The Morgan fingerprint density at radius 3 is 2.43 bits per heavy atom. The molecule has 0 aliphatic carbocycles. The molecule has 0 fully saturated rings. The third-order valence-electron chi connectivity index (χ3n) is 3.40. The van der Waals surface area contributed by atoms with Crippen LogP contribution >= 0.6 is 0 Å². The van der Waals surface area contributed by atoms with E-state index < -0.39 is 0 Å². The van der Waals surface area contributed by atoms with Crippen molar-refractivity contribution in [2.75, 3.05) is 13.2 Å². The van der Waals surface area contributed by atoms with E-state index in [0.29, 0.717) is 17.9 Å². The van der Waals surface area contributed by atoms with E-state index in [9.17, 15) is 4.79 Å². The van der Waals surface area contributed by atoms with Gasteiger partial charge in [-0.2, -0.15) is 0 Å². The summed E-state index contributed by atoms with van der Waals surface area (Å²) in [5.74, 6) is 1.27. The number of carbonyl (C=O) groups is 1. The van der Waals surface area contributed by atoms with Gasteiger partial charge in [0.1, 0.15) is 11.5 Å². The molecule has 0 saturated heterocycles. The van der Waals surface area contributed by atoms with Crippen molar-refractivity contribution in [1.82, 2.24) is 0 Å². The summed E-state index contributed by atoms with van der Waals surface area (Å²) < 4.78 is 11.1. The second kappa shape index (κ2) is 6.93. The minimum absolute atomic E-state index is 0.00831. The van der Waals surface area contributed by atoms with Crippen LogP contribution in [0.1, 0.15) is 28.4 Å². The van der Waals surface area contributed by atoms with E-state index in [0.717, 1.165) is 16.9 Å². The number of ether oxygens (including phenoxy) is 2. The Labute approximate surface area is 125 Å². The van der Waals surface area contributed by atoms with E-state index in [1.165, 1.54) is 0 Å². The maximum absolute atomic E-state index is 12.3. The highest BCUT2D eigenvalue weighted by atomic mass is 16.5. The van der Waals surface area contributed by atoms with Gasteiger partial charge in [-0.05, 0) is 50.1 Å². The number of benzene rings is 2. The molecule has 2 aromatic rings. The number of hydrogen-bond acceptors (Lipinski definition) is 3. The van der Waals surface area contributed by atoms with Crippen molar-refractivity contribution >= 4 is 5.78 Å². The standard InChI is InChI=1S/C18H20O3/c1-4-20-18-10-6-5-9-15(18)16(19)12-21-17-11-7-8-13(2)14(17)3/h5-11H,4,12H2,1-3H3. The van der Waals surface area contributed by atoms with E-state index in [-0.39, 0.29) is 12.4 Å². The van der Waals surface area contributed by atoms with E-state index in [4.69, 9.17) is 9.47 Å². The molecule has 0 unspecified atom stereocenters. The van der Waals surface area contributed by atoms with Crippen molar-refractivity contribution in [2.24, 2.45) is 0 Å². The molecule has 0 aliphatic rings. The average molecular weight is 284 g/mol. The Hall–Kier alpha value is -2.29. The fourth-order valence-corrected chi connectivity index (χ4v) is 2.08. The lowest BCUT2D eigenvalue weighted by Gasteiger charge is -2.12. The highest BCUT2D eigenvalue weighted by Gasteiger charge is 2.13. The maximum atomic E-state index is 12.3. The van der Waals surface area contributed by atoms with Crippen molar-refractivity contribution in [3.63, 3.8) is 0 Å². The predicted octanol–water partition coefficient (Wildman–Crippen LogP) is 3.96. The first-order chi connectivity index (χ1) is 10.1. The van der Waals surface area contributed by atoms with E-state index in [1.807, 2.05) is 51.1 Å². The number of rotatable bonds is 6. The molecule has 2 aromatic carbocycles. The van der Waals surface area contributed by atoms with E-state index in [2.05, 4.69) is 0 Å². The Kier molecular flexibility index (Phi) is 4.99. The maximum Gasteiger partial charge on any atom is 0.203 e. The second-order valence-electron chi connectivity index (χ2n) is 4.84. The smallest absolute Gasteiger partial charge is 0.203 e. The molecule has 0 N–H and O–H groups in total. The van der Waals surface area contributed by atoms with Crippen LogP contribution in [0, 0.1) is 13.8 Å². The summed E-state index contributed by atoms with van der Waals surface area (Å²) in [6.45, 7) is 6.45. The summed E-state index contributed by atoms with van der Waals surface area (Å²) in [7, 11) is 0. The molecule has 3 nitrogen and oxygen atoms in total. The van der Waals surface area contributed by atoms with Gasteiger partial charge in [0.15, 0.2) is 6.61 Å². The molecular formula is C18H20O3. The first kappa shape index (κ1) is 15.1. The Morgan fingerprint density at radius 1 is 0.952 bits per heavy atom. The monoisotopic (exact) mass is 284 g/mol. The molecule has 2 rings (SSSR count). The SMILES string of the molecule is CCOc1ccccc1C(=O)COc1cccc(C)c1C. The molecule has 0 aromatic heterocycles. The molecule has 0 saturated carbocycles. The van der Waals surface area contributed by atoms with Crippen LogP contribution < -0.4 is 9.47 Å². The molecule has 3 heteroatoms. The topological polar surface area (TPSA) is 35.5 Å². The Bertz CT molecular complexity index is 632. The van der Waals surface area contributed by atoms with Gasteiger partial charge in [0.25, 0.3) is 0 Å². The molecule has 0 amide bonds. The summed E-state index contributed by atoms with van der Waals surface area (Å²) in [4.78, 5) is 12.3. The number of carbonyl (C=O) groups excluding carboxylic acids is 1. The number of aryl methyl sites for hydroxylation is 1. The highest BCUT2D eigenvalue weighted by Crippen LogP contribution is 2.22. The molecular weight excluding hydrogens is 264 g/mol. The largest absolute Gasteiger partial charge is 0.493 e. The second-order valence-corrected chi connectivity index (χ2v) is 4.84.